The second-order valence-electron chi connectivity index (χ2n) is 5.81. The number of aromatic nitrogens is 2. The Morgan fingerprint density at radius 3 is 2.60 bits per heavy atom. The van der Waals surface area contributed by atoms with Crippen molar-refractivity contribution in [3.05, 3.63) is 72.4 Å². The van der Waals surface area contributed by atoms with Crippen LogP contribution in [0.3, 0.4) is 0 Å². The minimum absolute atomic E-state index is 0.286. The van der Waals surface area contributed by atoms with E-state index < -0.39 is 0 Å². The van der Waals surface area contributed by atoms with Crippen LogP contribution in [0.5, 0.6) is 0 Å². The Kier molecular flexibility index (Phi) is 3.50. The number of benzene rings is 2. The van der Waals surface area contributed by atoms with E-state index >= 15 is 0 Å². The van der Waals surface area contributed by atoms with Crippen molar-refractivity contribution in [1.29, 1.82) is 0 Å². The van der Waals surface area contributed by atoms with Crippen molar-refractivity contribution in [3.8, 4) is 0 Å². The van der Waals surface area contributed by atoms with Crippen LogP contribution in [0, 0.1) is 0 Å². The molecule has 0 bridgehead atoms. The summed E-state index contributed by atoms with van der Waals surface area (Å²) in [7, 11) is 2.01. The van der Waals surface area contributed by atoms with E-state index in [0.29, 0.717) is 0 Å². The van der Waals surface area contributed by atoms with Gasteiger partial charge in [-0.3, -0.25) is 0 Å². The van der Waals surface area contributed by atoms with Crippen LogP contribution in [-0.2, 0) is 0 Å². The first-order valence-electron chi connectivity index (χ1n) is 7.92. The molecule has 6 heteroatoms. The third-order valence-corrected chi connectivity index (χ3v) is 4.34. The lowest BCUT2D eigenvalue weighted by molar-refractivity contribution is 1.12. The second kappa shape index (κ2) is 5.83. The van der Waals surface area contributed by atoms with Crippen LogP contribution in [0.25, 0.3) is 16.6 Å². The van der Waals surface area contributed by atoms with Crippen molar-refractivity contribution in [1.82, 2.24) is 9.38 Å². The molecule has 2 aromatic carbocycles. The molecular formula is C19H18N6. The number of nitrogens with zero attached hydrogens (tertiary/aromatic N) is 4. The number of nitrogens with two attached hydrogens (primary N) is 2. The summed E-state index contributed by atoms with van der Waals surface area (Å²) in [6.07, 6.45) is 2.03. The van der Waals surface area contributed by atoms with Gasteiger partial charge in [0.1, 0.15) is 5.84 Å². The van der Waals surface area contributed by atoms with E-state index in [9.17, 15) is 0 Å². The predicted molar refractivity (Wildman–Crippen MR) is 102 cm³/mol. The Balaban J connectivity index is 1.97. The standard InChI is InChI=1S/C19H18N6/c1-24(14-6-3-2-4-7-14)19-17-8-5-11-25(17)16-10-9-13(18(20)23-21)12-15(16)22-19/h2-12H,21H2,1H3,(H2,20,23). The van der Waals surface area contributed by atoms with E-state index in [1.165, 1.54) is 0 Å². The molecule has 0 atom stereocenters. The van der Waals surface area contributed by atoms with Gasteiger partial charge in [-0.1, -0.05) is 18.2 Å². The van der Waals surface area contributed by atoms with Gasteiger partial charge in [-0.15, -0.1) is 0 Å². The second-order valence-corrected chi connectivity index (χ2v) is 5.81. The highest BCUT2D eigenvalue weighted by molar-refractivity contribution is 6.00. The van der Waals surface area contributed by atoms with Gasteiger partial charge in [0.2, 0.25) is 0 Å². The van der Waals surface area contributed by atoms with Crippen LogP contribution >= 0.6 is 0 Å². The summed E-state index contributed by atoms with van der Waals surface area (Å²) in [5.41, 5.74) is 10.5. The van der Waals surface area contributed by atoms with Crippen LogP contribution in [0.1, 0.15) is 5.56 Å². The molecule has 0 aliphatic heterocycles. The van der Waals surface area contributed by atoms with Crippen molar-refractivity contribution in [3.63, 3.8) is 0 Å². The highest BCUT2D eigenvalue weighted by atomic mass is 15.2. The number of hydrazone groups is 1. The average molecular weight is 330 g/mol. The molecule has 0 spiro atoms. The van der Waals surface area contributed by atoms with Crippen molar-refractivity contribution in [2.75, 3.05) is 11.9 Å². The first-order chi connectivity index (χ1) is 12.2. The zero-order valence-corrected chi connectivity index (χ0v) is 13.8. The van der Waals surface area contributed by atoms with E-state index in [0.717, 1.165) is 33.6 Å². The number of amidine groups is 1. The van der Waals surface area contributed by atoms with E-state index in [-0.39, 0.29) is 5.84 Å². The highest BCUT2D eigenvalue weighted by Gasteiger charge is 2.14. The van der Waals surface area contributed by atoms with Gasteiger partial charge in [-0.2, -0.15) is 5.10 Å². The quantitative estimate of drug-likeness (QED) is 0.262. The van der Waals surface area contributed by atoms with Gasteiger partial charge in [0.25, 0.3) is 0 Å². The monoisotopic (exact) mass is 330 g/mol. The molecule has 0 saturated carbocycles. The Morgan fingerprint density at radius 1 is 1.04 bits per heavy atom. The molecule has 0 aliphatic rings. The molecule has 0 fully saturated rings. The van der Waals surface area contributed by atoms with Gasteiger partial charge in [0, 0.05) is 24.5 Å². The van der Waals surface area contributed by atoms with Crippen molar-refractivity contribution in [2.24, 2.45) is 16.7 Å². The Morgan fingerprint density at radius 2 is 1.84 bits per heavy atom. The molecule has 124 valence electrons. The van der Waals surface area contributed by atoms with Crippen molar-refractivity contribution in [2.45, 2.75) is 0 Å². The first-order valence-corrected chi connectivity index (χ1v) is 7.92. The summed E-state index contributed by atoms with van der Waals surface area (Å²) in [4.78, 5) is 6.95. The number of para-hydroxylation sites is 1. The third-order valence-electron chi connectivity index (χ3n) is 4.34. The maximum absolute atomic E-state index is 5.85. The zero-order valence-electron chi connectivity index (χ0n) is 13.8. The van der Waals surface area contributed by atoms with Gasteiger partial charge in [-0.05, 0) is 42.5 Å². The molecule has 2 heterocycles. The van der Waals surface area contributed by atoms with Crippen molar-refractivity contribution < 1.29 is 0 Å². The van der Waals surface area contributed by atoms with Gasteiger partial charge in [-0.25, -0.2) is 4.98 Å². The van der Waals surface area contributed by atoms with Crippen LogP contribution in [0.4, 0.5) is 11.5 Å². The van der Waals surface area contributed by atoms with E-state index in [1.807, 2.05) is 55.7 Å². The summed E-state index contributed by atoms with van der Waals surface area (Å²) >= 11 is 0. The number of hydrogen-bond acceptors (Lipinski definition) is 4. The lowest BCUT2D eigenvalue weighted by Gasteiger charge is -2.20. The summed E-state index contributed by atoms with van der Waals surface area (Å²) in [6.45, 7) is 0. The zero-order chi connectivity index (χ0) is 17.4. The van der Waals surface area contributed by atoms with Crippen LogP contribution in [0.15, 0.2) is 72.0 Å². The van der Waals surface area contributed by atoms with Gasteiger partial charge in [0.05, 0.1) is 16.6 Å². The molecule has 0 amide bonds. The summed E-state index contributed by atoms with van der Waals surface area (Å²) in [5, 5.41) is 3.57. The smallest absolute Gasteiger partial charge is 0.157 e. The summed E-state index contributed by atoms with van der Waals surface area (Å²) < 4.78 is 2.12. The molecule has 25 heavy (non-hydrogen) atoms. The van der Waals surface area contributed by atoms with Gasteiger partial charge < -0.3 is 20.9 Å². The Bertz CT molecular complexity index is 1080. The number of fused-ring (bicyclic) bond motifs is 3. The number of hydrogen-bond donors (Lipinski definition) is 2. The van der Waals surface area contributed by atoms with E-state index in [2.05, 4.69) is 32.6 Å². The van der Waals surface area contributed by atoms with Crippen LogP contribution < -0.4 is 16.5 Å². The number of anilines is 2. The van der Waals surface area contributed by atoms with Crippen molar-refractivity contribution >= 4 is 33.9 Å². The molecular weight excluding hydrogens is 312 g/mol. The molecule has 0 aliphatic carbocycles. The van der Waals surface area contributed by atoms with Crippen LogP contribution in [-0.4, -0.2) is 22.3 Å². The molecule has 4 N–H and O–H groups in total. The number of rotatable bonds is 3. The first kappa shape index (κ1) is 15.0. The fraction of sp³-hybridized carbons (Fsp3) is 0.0526. The predicted octanol–water partition coefficient (Wildman–Crippen LogP) is 2.83. The van der Waals surface area contributed by atoms with Gasteiger partial charge >= 0.3 is 0 Å². The molecule has 0 radical (unpaired) electrons. The molecule has 2 aromatic heterocycles. The fourth-order valence-corrected chi connectivity index (χ4v) is 3.02. The SMILES string of the molecule is CN(c1ccccc1)c1nc2cc(/C(N)=N/N)ccc2n2cccc12. The maximum atomic E-state index is 5.85. The van der Waals surface area contributed by atoms with E-state index in [4.69, 9.17) is 16.6 Å². The summed E-state index contributed by atoms with van der Waals surface area (Å²) in [6, 6.07) is 20.0. The van der Waals surface area contributed by atoms with Gasteiger partial charge in [0.15, 0.2) is 5.82 Å². The lowest BCUT2D eigenvalue weighted by atomic mass is 10.1. The third kappa shape index (κ3) is 2.44. The largest absolute Gasteiger partial charge is 0.382 e. The molecule has 0 saturated heterocycles. The van der Waals surface area contributed by atoms with E-state index in [1.54, 1.807) is 0 Å². The lowest BCUT2D eigenvalue weighted by Crippen LogP contribution is -2.16. The summed E-state index contributed by atoms with van der Waals surface area (Å²) in [5.74, 6) is 6.46. The topological polar surface area (TPSA) is 84.9 Å². The minimum Gasteiger partial charge on any atom is -0.382 e. The molecule has 4 rings (SSSR count). The maximum Gasteiger partial charge on any atom is 0.157 e. The Hall–Kier alpha value is -3.54. The molecule has 6 nitrogen and oxygen atoms in total. The normalized spacial score (nSPS) is 12.0. The fourth-order valence-electron chi connectivity index (χ4n) is 3.02. The average Bonchev–Trinajstić information content (AvgIpc) is 3.16. The molecule has 0 unspecified atom stereocenters. The highest BCUT2D eigenvalue weighted by Crippen LogP contribution is 2.29. The Labute approximate surface area is 145 Å². The minimum atomic E-state index is 0.286. The molecule has 4 aromatic rings. The van der Waals surface area contributed by atoms with Crippen LogP contribution in [0.2, 0.25) is 0 Å².